The van der Waals surface area contributed by atoms with Crippen molar-refractivity contribution < 1.29 is 24.4 Å². The van der Waals surface area contributed by atoms with Crippen LogP contribution in [0.2, 0.25) is 5.02 Å². The Morgan fingerprint density at radius 3 is 2.73 bits per heavy atom. The number of aliphatic hydroxyl groups is 2. The van der Waals surface area contributed by atoms with Gasteiger partial charge < -0.3 is 29.4 Å². The van der Waals surface area contributed by atoms with Gasteiger partial charge in [0.1, 0.15) is 18.3 Å². The van der Waals surface area contributed by atoms with Gasteiger partial charge in [-0.25, -0.2) is 0 Å². The third kappa shape index (κ3) is 3.68. The molecule has 0 unspecified atom stereocenters. The topological polar surface area (TPSA) is 96.8 Å². The van der Waals surface area contributed by atoms with Crippen LogP contribution < -0.4 is 4.74 Å². The molecule has 8 heteroatoms. The van der Waals surface area contributed by atoms with Gasteiger partial charge in [-0.05, 0) is 36.1 Å². The highest BCUT2D eigenvalue weighted by atomic mass is 35.5. The molecular weight excluding hydrogens is 408 g/mol. The Bertz CT molecular complexity index is 1040. The fourth-order valence-electron chi connectivity index (χ4n) is 4.11. The fraction of sp³-hybridized carbons (Fsp3) is 0.409. The Balaban J connectivity index is 1.37. The van der Waals surface area contributed by atoms with Crippen LogP contribution in [0.15, 0.2) is 36.4 Å². The summed E-state index contributed by atoms with van der Waals surface area (Å²) in [6, 6.07) is 12.3. The van der Waals surface area contributed by atoms with Crippen molar-refractivity contribution >= 4 is 22.6 Å². The van der Waals surface area contributed by atoms with Gasteiger partial charge in [-0.2, -0.15) is 4.98 Å². The predicted molar refractivity (Wildman–Crippen MR) is 112 cm³/mol. The molecule has 0 aliphatic carbocycles. The van der Waals surface area contributed by atoms with Crippen molar-refractivity contribution in [1.29, 1.82) is 0 Å². The van der Waals surface area contributed by atoms with E-state index in [2.05, 4.69) is 22.1 Å². The molecule has 0 amide bonds. The van der Waals surface area contributed by atoms with E-state index in [1.54, 1.807) is 0 Å². The van der Waals surface area contributed by atoms with Crippen molar-refractivity contribution in [2.45, 2.75) is 37.3 Å². The molecule has 7 nitrogen and oxygen atoms in total. The molecule has 2 saturated heterocycles. The number of aliphatic hydroxyl groups excluding tert-OH is 2. The van der Waals surface area contributed by atoms with E-state index >= 15 is 0 Å². The molecule has 2 aliphatic heterocycles. The van der Waals surface area contributed by atoms with E-state index in [9.17, 15) is 5.11 Å². The van der Waals surface area contributed by atoms with Crippen LogP contribution >= 0.6 is 11.6 Å². The lowest BCUT2D eigenvalue weighted by Crippen LogP contribution is -2.34. The van der Waals surface area contributed by atoms with E-state index in [1.807, 2.05) is 24.3 Å². The van der Waals surface area contributed by atoms with Gasteiger partial charge in [0.25, 0.3) is 6.01 Å². The molecule has 0 bridgehead atoms. The highest BCUT2D eigenvalue weighted by Gasteiger charge is 2.48. The number of nitrogens with one attached hydrogen (secondary N) is 1. The molecular formula is C22H23ClN2O5. The Hall–Kier alpha value is -2.16. The fourth-order valence-corrected chi connectivity index (χ4v) is 4.38. The maximum atomic E-state index is 9.87. The Morgan fingerprint density at radius 2 is 1.93 bits per heavy atom. The Labute approximate surface area is 178 Å². The number of hydrogen-bond acceptors (Lipinski definition) is 6. The van der Waals surface area contributed by atoms with Crippen LogP contribution in [-0.4, -0.2) is 64.4 Å². The van der Waals surface area contributed by atoms with Crippen molar-refractivity contribution in [1.82, 2.24) is 9.97 Å². The minimum Gasteiger partial charge on any atom is -0.456 e. The molecule has 2 aromatic carbocycles. The number of nitrogens with zero attached hydrogens (tertiary/aromatic N) is 1. The second-order valence-corrected chi connectivity index (χ2v) is 8.14. The Morgan fingerprint density at radius 1 is 1.13 bits per heavy atom. The normalized spacial score (nSPS) is 25.7. The van der Waals surface area contributed by atoms with Crippen molar-refractivity contribution in [3.05, 3.63) is 47.0 Å². The summed E-state index contributed by atoms with van der Waals surface area (Å²) in [6.45, 7) is 0.792. The lowest BCUT2D eigenvalue weighted by atomic mass is 10.0. The molecule has 3 N–H and O–H groups in total. The summed E-state index contributed by atoms with van der Waals surface area (Å²) in [7, 11) is 0. The molecule has 4 atom stereocenters. The number of rotatable bonds is 6. The number of imidazole rings is 1. The van der Waals surface area contributed by atoms with Gasteiger partial charge in [0.2, 0.25) is 0 Å². The number of hydrogen-bond donors (Lipinski definition) is 3. The minimum absolute atomic E-state index is 0.189. The molecule has 3 heterocycles. The van der Waals surface area contributed by atoms with Gasteiger partial charge in [0, 0.05) is 12.2 Å². The number of aromatic amines is 1. The minimum atomic E-state index is -0.615. The SMILES string of the molecule is OCCCc1ccc(-c2cc3nc(O[C@@H]4CO[C@H]5[C@@H]4OC[C@H]5O)[nH]c3cc2Cl)cc1. The largest absolute Gasteiger partial charge is 0.456 e. The van der Waals surface area contributed by atoms with E-state index in [4.69, 9.17) is 30.9 Å². The maximum absolute atomic E-state index is 9.87. The predicted octanol–water partition coefficient (Wildman–Crippen LogP) is 2.71. The number of H-pyrrole nitrogens is 1. The first-order valence-corrected chi connectivity index (χ1v) is 10.5. The van der Waals surface area contributed by atoms with Gasteiger partial charge in [0.05, 0.1) is 29.3 Å². The van der Waals surface area contributed by atoms with Crippen LogP contribution in [0, 0.1) is 0 Å². The summed E-state index contributed by atoms with van der Waals surface area (Å²) in [5, 5.41) is 19.5. The van der Waals surface area contributed by atoms with Crippen molar-refractivity contribution in [2.75, 3.05) is 19.8 Å². The van der Waals surface area contributed by atoms with Crippen molar-refractivity contribution in [3.63, 3.8) is 0 Å². The standard InChI is InChI=1S/C22H23ClN2O5/c23-15-9-17-16(8-14(15)13-5-3-12(4-6-13)2-1-7-26)24-22(25-17)30-19-11-29-20-18(27)10-28-21(19)20/h3-6,8-9,18-21,26-27H,1-2,7,10-11H2,(H,24,25)/t18-,19-,20-,21-/m1/s1. The van der Waals surface area contributed by atoms with Crippen LogP contribution in [0.1, 0.15) is 12.0 Å². The summed E-state index contributed by atoms with van der Waals surface area (Å²) in [6.07, 6.45) is 0.0128. The first-order chi connectivity index (χ1) is 14.6. The molecule has 0 radical (unpaired) electrons. The third-order valence-corrected chi connectivity index (χ3v) is 6.00. The highest BCUT2D eigenvalue weighted by molar-refractivity contribution is 6.34. The molecule has 30 heavy (non-hydrogen) atoms. The number of aryl methyl sites for hydroxylation is 1. The summed E-state index contributed by atoms with van der Waals surface area (Å²) >= 11 is 6.54. The monoisotopic (exact) mass is 430 g/mol. The average molecular weight is 431 g/mol. The lowest BCUT2D eigenvalue weighted by molar-refractivity contribution is 0.00706. The van der Waals surface area contributed by atoms with Gasteiger partial charge >= 0.3 is 0 Å². The number of aromatic nitrogens is 2. The van der Waals surface area contributed by atoms with Crippen LogP contribution in [-0.2, 0) is 15.9 Å². The second-order valence-electron chi connectivity index (χ2n) is 7.73. The first-order valence-electron chi connectivity index (χ1n) is 10.1. The van der Waals surface area contributed by atoms with Crippen LogP contribution in [0.25, 0.3) is 22.2 Å². The molecule has 0 spiro atoms. The van der Waals surface area contributed by atoms with E-state index in [0.29, 0.717) is 17.6 Å². The molecule has 158 valence electrons. The van der Waals surface area contributed by atoms with Crippen LogP contribution in [0.3, 0.4) is 0 Å². The summed E-state index contributed by atoms with van der Waals surface area (Å²) in [5.41, 5.74) is 4.59. The zero-order valence-corrected chi connectivity index (χ0v) is 17.0. The quantitative estimate of drug-likeness (QED) is 0.556. The smallest absolute Gasteiger partial charge is 0.295 e. The Kier molecular flexibility index (Phi) is 5.39. The van der Waals surface area contributed by atoms with Crippen LogP contribution in [0.4, 0.5) is 0 Å². The van der Waals surface area contributed by atoms with Gasteiger partial charge in [-0.1, -0.05) is 35.9 Å². The molecule has 1 aromatic heterocycles. The molecule has 0 saturated carbocycles. The van der Waals surface area contributed by atoms with Crippen LogP contribution in [0.5, 0.6) is 6.01 Å². The van der Waals surface area contributed by atoms with Gasteiger partial charge in [-0.15, -0.1) is 0 Å². The number of benzene rings is 2. The molecule has 5 rings (SSSR count). The lowest BCUT2D eigenvalue weighted by Gasteiger charge is -2.15. The molecule has 2 fully saturated rings. The van der Waals surface area contributed by atoms with Crippen molar-refractivity contribution in [3.8, 4) is 17.1 Å². The van der Waals surface area contributed by atoms with E-state index in [0.717, 1.165) is 35.0 Å². The van der Waals surface area contributed by atoms with E-state index < -0.39 is 6.10 Å². The first kappa shape index (κ1) is 19.8. The van der Waals surface area contributed by atoms with Crippen molar-refractivity contribution in [2.24, 2.45) is 0 Å². The summed E-state index contributed by atoms with van der Waals surface area (Å²) in [4.78, 5) is 7.71. The van der Waals surface area contributed by atoms with Gasteiger partial charge in [-0.3, -0.25) is 0 Å². The number of halogens is 1. The summed E-state index contributed by atoms with van der Waals surface area (Å²) < 4.78 is 17.2. The molecule has 2 aliphatic rings. The summed E-state index contributed by atoms with van der Waals surface area (Å²) in [5.74, 6) is 0. The average Bonchev–Trinajstić information content (AvgIpc) is 3.43. The maximum Gasteiger partial charge on any atom is 0.295 e. The third-order valence-electron chi connectivity index (χ3n) is 5.68. The zero-order chi connectivity index (χ0) is 20.7. The zero-order valence-electron chi connectivity index (χ0n) is 16.3. The van der Waals surface area contributed by atoms with E-state index in [-0.39, 0.29) is 31.5 Å². The second kappa shape index (κ2) is 8.17. The number of fused-ring (bicyclic) bond motifs is 2. The number of ether oxygens (including phenoxy) is 3. The van der Waals surface area contributed by atoms with Gasteiger partial charge in [0.15, 0.2) is 6.10 Å². The molecule has 3 aromatic rings. The van der Waals surface area contributed by atoms with E-state index in [1.165, 1.54) is 5.56 Å². The highest BCUT2D eigenvalue weighted by Crippen LogP contribution is 2.34.